The Morgan fingerprint density at radius 2 is 1.84 bits per heavy atom. The summed E-state index contributed by atoms with van der Waals surface area (Å²) in [4.78, 5) is 0. The molecule has 0 aromatic heterocycles. The number of rotatable bonds is 10. The fraction of sp³-hybridized carbons (Fsp3) is 0.600. The van der Waals surface area contributed by atoms with E-state index in [0.29, 0.717) is 5.70 Å². The van der Waals surface area contributed by atoms with Gasteiger partial charge < -0.3 is 25.0 Å². The molecular weight excluding hydrogens is 361 g/mol. The van der Waals surface area contributed by atoms with Gasteiger partial charge in [-0.25, -0.2) is 0 Å². The van der Waals surface area contributed by atoms with Crippen LogP contribution < -0.4 is 5.32 Å². The number of hydrogen-bond donors (Lipinski definition) is 4. The van der Waals surface area contributed by atoms with Gasteiger partial charge in [0.25, 0.3) is 10.1 Å². The average molecular weight is 387 g/mol. The Balaban J connectivity index is 0.00000576. The van der Waals surface area contributed by atoms with Crippen molar-refractivity contribution in [2.45, 2.75) is 45.6 Å². The molecule has 0 saturated heterocycles. The van der Waals surface area contributed by atoms with Crippen molar-refractivity contribution < 1.29 is 32.7 Å². The molecule has 1 heterocycles. The first kappa shape index (κ1) is 24.8. The molecule has 0 aliphatic carbocycles. The van der Waals surface area contributed by atoms with Crippen molar-refractivity contribution in [3.63, 3.8) is 0 Å². The van der Waals surface area contributed by atoms with Crippen LogP contribution in [-0.4, -0.2) is 77.4 Å². The van der Waals surface area contributed by atoms with E-state index in [1.54, 1.807) is 30.5 Å². The fourth-order valence-electron chi connectivity index (χ4n) is 2.24. The van der Waals surface area contributed by atoms with Gasteiger partial charge in [-0.05, 0) is 38.8 Å². The van der Waals surface area contributed by atoms with Crippen molar-refractivity contribution in [1.82, 2.24) is 5.32 Å². The number of aliphatic hydroxyl groups excluding tert-OH is 2. The average Bonchev–Trinajstić information content (AvgIpc) is 2.70. The summed E-state index contributed by atoms with van der Waals surface area (Å²) in [5.74, 6) is -0.978. The van der Waals surface area contributed by atoms with Crippen molar-refractivity contribution in [2.75, 3.05) is 5.75 Å². The van der Waals surface area contributed by atoms with Crippen molar-refractivity contribution in [1.29, 1.82) is 0 Å². The molecule has 10 heteroatoms. The van der Waals surface area contributed by atoms with E-state index in [1.165, 1.54) is 13.8 Å². The summed E-state index contributed by atoms with van der Waals surface area (Å²) >= 11 is 0. The maximum atomic E-state index is 10.9. The number of ether oxygens (including phenoxy) is 2. The van der Waals surface area contributed by atoms with E-state index in [1.807, 2.05) is 0 Å². The van der Waals surface area contributed by atoms with Crippen molar-refractivity contribution in [3.8, 4) is 0 Å². The van der Waals surface area contributed by atoms with E-state index in [2.05, 4.69) is 5.32 Å². The molecule has 0 amide bonds. The van der Waals surface area contributed by atoms with Crippen molar-refractivity contribution >= 4 is 39.7 Å². The normalized spacial score (nSPS) is 19.0. The van der Waals surface area contributed by atoms with Crippen molar-refractivity contribution in [3.05, 3.63) is 36.2 Å². The van der Waals surface area contributed by atoms with Crippen LogP contribution in [-0.2, 0) is 19.6 Å². The standard InChI is InChI=1S/C15H25NO7S.Na.H/c1-11(17)22-12(2)23-15(18)13(7-6-10-24(19,20)21)14-8-4-3-5-9-16-14;;/h3-5,8-9,11-13,15-18H,6-7,10H2,1-2H3,(H,19,20,21);;. The fourth-order valence-corrected chi connectivity index (χ4v) is 2.77. The molecule has 4 unspecified atom stereocenters. The molecule has 4 N–H and O–H groups in total. The maximum absolute atomic E-state index is 10.9. The van der Waals surface area contributed by atoms with E-state index >= 15 is 0 Å². The molecule has 1 rings (SSSR count). The molecule has 0 saturated carbocycles. The number of hydrogen-bond acceptors (Lipinski definition) is 7. The quantitative estimate of drug-likeness (QED) is 0.238. The molecule has 25 heavy (non-hydrogen) atoms. The molecule has 0 radical (unpaired) electrons. The third-order valence-electron chi connectivity index (χ3n) is 3.22. The molecule has 0 aromatic rings. The van der Waals surface area contributed by atoms with E-state index < -0.39 is 40.7 Å². The van der Waals surface area contributed by atoms with Crippen LogP contribution in [0.4, 0.5) is 0 Å². The van der Waals surface area contributed by atoms with E-state index in [0.717, 1.165) is 0 Å². The zero-order valence-corrected chi connectivity index (χ0v) is 14.5. The first-order valence-corrected chi connectivity index (χ1v) is 9.22. The summed E-state index contributed by atoms with van der Waals surface area (Å²) in [6.45, 7) is 2.95. The summed E-state index contributed by atoms with van der Waals surface area (Å²) in [6, 6.07) is 0. The Morgan fingerprint density at radius 3 is 2.44 bits per heavy atom. The Bertz CT molecular complexity index is 574. The Kier molecular flexibility index (Phi) is 12.1. The molecular formula is C15H26NNaO7S. The van der Waals surface area contributed by atoms with Crippen LogP contribution in [0.3, 0.4) is 0 Å². The minimum absolute atomic E-state index is 0. The minimum atomic E-state index is -4.07. The number of nitrogens with one attached hydrogen (secondary N) is 1. The van der Waals surface area contributed by atoms with Crippen LogP contribution in [0.15, 0.2) is 36.2 Å². The van der Waals surface area contributed by atoms with E-state index in [9.17, 15) is 18.6 Å². The molecule has 0 spiro atoms. The zero-order valence-electron chi connectivity index (χ0n) is 13.7. The monoisotopic (exact) mass is 387 g/mol. The van der Waals surface area contributed by atoms with E-state index in [4.69, 9.17) is 14.0 Å². The summed E-state index contributed by atoms with van der Waals surface area (Å²) in [5.41, 5.74) is 0.632. The second kappa shape index (κ2) is 12.2. The summed E-state index contributed by atoms with van der Waals surface area (Å²) in [7, 11) is -4.07. The van der Waals surface area contributed by atoms with Gasteiger partial charge in [0.1, 0.15) is 0 Å². The second-order valence-electron chi connectivity index (χ2n) is 5.37. The Labute approximate surface area is 170 Å². The summed E-state index contributed by atoms with van der Waals surface area (Å²) < 4.78 is 40.9. The van der Waals surface area contributed by atoms with Crippen LogP contribution >= 0.6 is 0 Å². The molecule has 4 atom stereocenters. The topological polar surface area (TPSA) is 125 Å². The third kappa shape index (κ3) is 11.2. The van der Waals surface area contributed by atoms with Gasteiger partial charge in [-0.15, -0.1) is 0 Å². The van der Waals surface area contributed by atoms with Crippen LogP contribution in [0.2, 0.25) is 0 Å². The van der Waals surface area contributed by atoms with Gasteiger partial charge in [0.2, 0.25) is 0 Å². The first-order valence-electron chi connectivity index (χ1n) is 7.61. The van der Waals surface area contributed by atoms with Crippen LogP contribution in [0.1, 0.15) is 26.7 Å². The Hall–Kier alpha value is -0.230. The SMILES string of the molecule is CC(O)OC(C)OC(O)C(CCCS(=O)(=O)O)C1=CC=CC=CN1.[NaH]. The molecule has 0 bridgehead atoms. The van der Waals surface area contributed by atoms with Gasteiger partial charge in [0.15, 0.2) is 18.9 Å². The number of allylic oxidation sites excluding steroid dienone is 4. The van der Waals surface area contributed by atoms with Gasteiger partial charge in [-0.2, -0.15) is 8.42 Å². The van der Waals surface area contributed by atoms with Gasteiger partial charge in [-0.1, -0.05) is 12.2 Å². The second-order valence-corrected chi connectivity index (χ2v) is 6.95. The Morgan fingerprint density at radius 1 is 1.16 bits per heavy atom. The van der Waals surface area contributed by atoms with Crippen LogP contribution in [0, 0.1) is 5.92 Å². The predicted molar refractivity (Wildman–Crippen MR) is 95.1 cm³/mol. The summed E-state index contributed by atoms with van der Waals surface area (Å²) in [6.07, 6.45) is 5.94. The number of aliphatic hydroxyl groups is 2. The first-order chi connectivity index (χ1) is 11.2. The molecule has 0 aromatic carbocycles. The predicted octanol–water partition coefficient (Wildman–Crippen LogP) is 0.215. The van der Waals surface area contributed by atoms with E-state index in [-0.39, 0.29) is 42.4 Å². The van der Waals surface area contributed by atoms with Gasteiger partial charge in [0.05, 0.1) is 11.7 Å². The molecule has 1 aliphatic rings. The van der Waals surface area contributed by atoms with Crippen molar-refractivity contribution in [2.24, 2.45) is 5.92 Å². The van der Waals surface area contributed by atoms with Gasteiger partial charge in [0, 0.05) is 11.9 Å². The van der Waals surface area contributed by atoms with Crippen LogP contribution in [0.25, 0.3) is 0 Å². The zero-order chi connectivity index (χ0) is 18.2. The molecule has 8 nitrogen and oxygen atoms in total. The third-order valence-corrected chi connectivity index (χ3v) is 4.03. The molecule has 0 fully saturated rings. The van der Waals surface area contributed by atoms with Gasteiger partial charge >= 0.3 is 29.6 Å². The van der Waals surface area contributed by atoms with Crippen LogP contribution in [0.5, 0.6) is 0 Å². The summed E-state index contributed by atoms with van der Waals surface area (Å²) in [5, 5.41) is 22.5. The molecule has 1 aliphatic heterocycles. The molecule has 140 valence electrons. The van der Waals surface area contributed by atoms with Gasteiger partial charge in [-0.3, -0.25) is 4.55 Å².